The van der Waals surface area contributed by atoms with Crippen molar-refractivity contribution in [2.75, 3.05) is 82.8 Å². The predicted molar refractivity (Wildman–Crippen MR) is 237 cm³/mol. The van der Waals surface area contributed by atoms with Gasteiger partial charge in [-0.15, -0.1) is 0 Å². The van der Waals surface area contributed by atoms with Crippen molar-refractivity contribution >= 4 is 70.0 Å². The van der Waals surface area contributed by atoms with Gasteiger partial charge in [0.05, 0.1) is 75.8 Å². The Labute approximate surface area is 383 Å². The van der Waals surface area contributed by atoms with Crippen molar-refractivity contribution < 1.29 is 57.6 Å². The number of ether oxygens (including phenoxy) is 4. The molecule has 1 fully saturated rings. The molecule has 6 amide bonds. The Morgan fingerprint density at radius 3 is 2.33 bits per heavy atom. The average molecular weight is 924 g/mol. The van der Waals surface area contributed by atoms with Gasteiger partial charge in [0.2, 0.25) is 23.7 Å². The molecule has 0 aliphatic carbocycles. The Morgan fingerprint density at radius 2 is 1.63 bits per heavy atom. The molecule has 2 aliphatic heterocycles. The van der Waals surface area contributed by atoms with Crippen LogP contribution >= 0.6 is 0 Å². The maximum Gasteiger partial charge on any atom is 0.326 e. The lowest BCUT2D eigenvalue weighted by atomic mass is 10.0. The number of aliphatic carboxylic acids is 1. The molecule has 23 nitrogen and oxygen atoms in total. The topological polar surface area (TPSA) is 323 Å². The van der Waals surface area contributed by atoms with Gasteiger partial charge in [0, 0.05) is 43.2 Å². The van der Waals surface area contributed by atoms with E-state index >= 15 is 0 Å². The molecule has 4 aromatic rings. The molecule has 0 saturated carbocycles. The van der Waals surface area contributed by atoms with Crippen LogP contribution in [0.4, 0.5) is 17.5 Å². The van der Waals surface area contributed by atoms with Crippen molar-refractivity contribution in [3.05, 3.63) is 76.6 Å². The van der Waals surface area contributed by atoms with Crippen molar-refractivity contribution in [1.29, 1.82) is 0 Å². The van der Waals surface area contributed by atoms with Crippen LogP contribution < -0.4 is 32.3 Å². The number of nitrogens with zero attached hydrogens (tertiary/aromatic N) is 6. The number of nitrogens with two attached hydrogens (primary N) is 2. The van der Waals surface area contributed by atoms with Gasteiger partial charge in [-0.05, 0) is 49.2 Å². The van der Waals surface area contributed by atoms with Gasteiger partial charge in [0.25, 0.3) is 17.7 Å². The zero-order valence-electron chi connectivity index (χ0n) is 36.4. The fourth-order valence-corrected chi connectivity index (χ4v) is 6.92. The van der Waals surface area contributed by atoms with Crippen LogP contribution in [-0.2, 0) is 44.7 Å². The number of anilines is 3. The summed E-state index contributed by atoms with van der Waals surface area (Å²) in [5.74, 6) is 1.14. The number of nitrogen functional groups attached to an aromatic ring is 2. The number of hydrogen-bond acceptors (Lipinski definition) is 18. The van der Waals surface area contributed by atoms with E-state index in [1.807, 2.05) is 11.9 Å². The van der Waals surface area contributed by atoms with Gasteiger partial charge in [0.15, 0.2) is 17.0 Å². The number of carboxylic acids is 1. The molecule has 1 unspecified atom stereocenters. The fraction of sp³-hybridized carbons (Fsp3) is 0.386. The Balaban J connectivity index is 0.774. The molecule has 0 bridgehead atoms. The van der Waals surface area contributed by atoms with E-state index in [4.69, 9.17) is 30.4 Å². The van der Waals surface area contributed by atoms with Gasteiger partial charge < -0.3 is 51.1 Å². The van der Waals surface area contributed by atoms with Crippen LogP contribution in [0, 0.1) is 11.8 Å². The highest BCUT2D eigenvalue weighted by Crippen LogP contribution is 2.29. The molecule has 2 aromatic heterocycles. The van der Waals surface area contributed by atoms with Crippen molar-refractivity contribution in [2.45, 2.75) is 44.3 Å². The zero-order chi connectivity index (χ0) is 47.9. The molecule has 23 heteroatoms. The second-order valence-electron chi connectivity index (χ2n) is 15.0. The Kier molecular flexibility index (Phi) is 17.1. The number of carboxylic acid groups (broad SMARTS) is 1. The second kappa shape index (κ2) is 23.5. The van der Waals surface area contributed by atoms with Crippen LogP contribution in [0.1, 0.15) is 68.0 Å². The van der Waals surface area contributed by atoms with Crippen molar-refractivity contribution in [3.8, 4) is 11.8 Å². The normalized spacial score (nSPS) is 14.8. The standard InChI is InChI=1S/C44H49N11O12/c1-54(25-28-24-48-38-36(49-28)37(45)52-44(46)53-38)29-9-7-27(8-10-29)39(58)50-31(43(62)63)11-13-33(56)47-15-17-65-19-21-67-23-22-66-20-18-64-16-3-5-26-4-2-6-30-35(26)42(61)55(41(30)60)32-12-14-34(57)51-40(32)59/h2,4,6-10,24,31-32H,11-23,25H2,1H3,(H,47,56)(H,50,58)(H,62,63)(H,51,57,59)(H4,45,46,48,52,53)/t31-,32?/m0/s1. The molecule has 6 rings (SSSR count). The summed E-state index contributed by atoms with van der Waals surface area (Å²) in [5, 5.41) is 17.0. The Morgan fingerprint density at radius 1 is 0.925 bits per heavy atom. The first-order valence-electron chi connectivity index (χ1n) is 21.1. The third-order valence-corrected chi connectivity index (χ3v) is 10.3. The molecule has 1 saturated heterocycles. The first-order valence-corrected chi connectivity index (χ1v) is 21.1. The minimum atomic E-state index is -1.29. The van der Waals surface area contributed by atoms with Gasteiger partial charge in [0.1, 0.15) is 18.7 Å². The maximum absolute atomic E-state index is 13.2. The SMILES string of the molecule is CN(Cc1cnc2nc(N)nc(N)c2n1)c1ccc(C(=O)N[C@@H](CCC(=O)NCCOCCOCCOCCOCC#Cc2cccc3c2C(=O)N(C2CCC(=O)NC2=O)C3=O)C(=O)O)cc1. The van der Waals surface area contributed by atoms with E-state index in [9.17, 15) is 38.7 Å². The smallest absolute Gasteiger partial charge is 0.326 e. The number of nitrogens with one attached hydrogen (secondary N) is 3. The summed E-state index contributed by atoms with van der Waals surface area (Å²) in [5.41, 5.74) is 14.3. The molecular weight excluding hydrogens is 875 g/mol. The van der Waals surface area contributed by atoms with Crippen molar-refractivity contribution in [3.63, 3.8) is 0 Å². The summed E-state index contributed by atoms with van der Waals surface area (Å²) < 4.78 is 21.9. The van der Waals surface area contributed by atoms with Crippen LogP contribution in [-0.4, -0.2) is 150 Å². The number of rotatable bonds is 23. The van der Waals surface area contributed by atoms with Gasteiger partial charge in [-0.3, -0.25) is 39.0 Å². The van der Waals surface area contributed by atoms with Gasteiger partial charge in [-0.25, -0.2) is 14.8 Å². The van der Waals surface area contributed by atoms with E-state index in [0.29, 0.717) is 36.5 Å². The monoisotopic (exact) mass is 923 g/mol. The van der Waals surface area contributed by atoms with E-state index in [1.165, 1.54) is 6.07 Å². The largest absolute Gasteiger partial charge is 0.480 e. The summed E-state index contributed by atoms with van der Waals surface area (Å²) in [6, 6.07) is 8.87. The van der Waals surface area contributed by atoms with Gasteiger partial charge >= 0.3 is 5.97 Å². The highest BCUT2D eigenvalue weighted by molar-refractivity contribution is 6.24. The number of benzene rings is 2. The lowest BCUT2D eigenvalue weighted by Gasteiger charge is -2.27. The number of fused-ring (bicyclic) bond motifs is 2. The highest BCUT2D eigenvalue weighted by atomic mass is 16.6. The molecule has 8 N–H and O–H groups in total. The minimum Gasteiger partial charge on any atom is -0.480 e. The second-order valence-corrected chi connectivity index (χ2v) is 15.0. The summed E-state index contributed by atoms with van der Waals surface area (Å²) in [6.07, 6.45) is 1.37. The predicted octanol–water partition coefficient (Wildman–Crippen LogP) is -0.181. The summed E-state index contributed by atoms with van der Waals surface area (Å²) >= 11 is 0. The Bertz CT molecular complexity index is 2570. The molecular formula is C44H49N11O12. The number of imide groups is 2. The van der Waals surface area contributed by atoms with Crippen molar-refractivity contribution in [1.82, 2.24) is 40.8 Å². The van der Waals surface area contributed by atoms with Crippen LogP contribution in [0.15, 0.2) is 48.7 Å². The quantitative estimate of drug-likeness (QED) is 0.0319. The van der Waals surface area contributed by atoms with E-state index in [1.54, 1.807) is 42.6 Å². The molecule has 352 valence electrons. The number of carbonyl (C=O) groups is 7. The van der Waals surface area contributed by atoms with E-state index < -0.39 is 53.5 Å². The average Bonchev–Trinajstić information content (AvgIpc) is 3.56. The molecule has 67 heavy (non-hydrogen) atoms. The lowest BCUT2D eigenvalue weighted by Crippen LogP contribution is -2.54. The zero-order valence-corrected chi connectivity index (χ0v) is 36.4. The third kappa shape index (κ3) is 13.2. The fourth-order valence-electron chi connectivity index (χ4n) is 6.92. The molecule has 4 heterocycles. The third-order valence-electron chi connectivity index (χ3n) is 10.3. The first kappa shape index (κ1) is 48.8. The van der Waals surface area contributed by atoms with E-state index in [2.05, 4.69) is 47.7 Å². The van der Waals surface area contributed by atoms with Crippen LogP contribution in [0.25, 0.3) is 11.2 Å². The molecule has 2 aromatic carbocycles. The van der Waals surface area contributed by atoms with E-state index in [-0.39, 0.29) is 106 Å². The summed E-state index contributed by atoms with van der Waals surface area (Å²) in [7, 11) is 1.82. The van der Waals surface area contributed by atoms with Crippen molar-refractivity contribution in [2.24, 2.45) is 0 Å². The molecule has 2 aliphatic rings. The number of amides is 6. The van der Waals surface area contributed by atoms with E-state index in [0.717, 1.165) is 10.6 Å². The minimum absolute atomic E-state index is 0.000875. The van der Waals surface area contributed by atoms with Crippen LogP contribution in [0.3, 0.4) is 0 Å². The Hall–Kier alpha value is -7.65. The molecule has 0 radical (unpaired) electrons. The van der Waals surface area contributed by atoms with Gasteiger partial charge in [-0.1, -0.05) is 17.9 Å². The number of hydrogen-bond donors (Lipinski definition) is 6. The lowest BCUT2D eigenvalue weighted by molar-refractivity contribution is -0.140. The maximum atomic E-state index is 13.2. The highest BCUT2D eigenvalue weighted by Gasteiger charge is 2.45. The van der Waals surface area contributed by atoms with Gasteiger partial charge in [-0.2, -0.15) is 9.97 Å². The first-order chi connectivity index (χ1) is 32.3. The van der Waals surface area contributed by atoms with Crippen LogP contribution in [0.5, 0.6) is 0 Å². The molecule has 0 spiro atoms. The summed E-state index contributed by atoms with van der Waals surface area (Å²) in [6.45, 7) is 2.45. The number of aromatic nitrogens is 4. The van der Waals surface area contributed by atoms with Crippen LogP contribution in [0.2, 0.25) is 0 Å². The molecule has 2 atom stereocenters. The number of piperidine rings is 1. The number of carbonyl (C=O) groups excluding carboxylic acids is 6. The summed E-state index contributed by atoms with van der Waals surface area (Å²) in [4.78, 5) is 107.